The van der Waals surface area contributed by atoms with Gasteiger partial charge in [-0.2, -0.15) is 0 Å². The van der Waals surface area contributed by atoms with Gasteiger partial charge < -0.3 is 15.2 Å². The first-order chi connectivity index (χ1) is 11.4. The Morgan fingerprint density at radius 2 is 1.54 bits per heavy atom. The van der Waals surface area contributed by atoms with Crippen LogP contribution in [-0.2, 0) is 10.1 Å². The second-order valence-corrected chi connectivity index (χ2v) is 6.86. The third-order valence-corrected chi connectivity index (χ3v) is 4.29. The molecule has 5 nitrogen and oxygen atoms in total. The van der Waals surface area contributed by atoms with Crippen molar-refractivity contribution in [2.75, 3.05) is 18.4 Å². The molecule has 0 saturated carbocycles. The van der Waals surface area contributed by atoms with E-state index in [2.05, 4.69) is 24.5 Å². The minimum atomic E-state index is -4.49. The van der Waals surface area contributed by atoms with Crippen LogP contribution in [-0.4, -0.2) is 26.1 Å². The Bertz CT molecular complexity index is 684. The summed E-state index contributed by atoms with van der Waals surface area (Å²) in [5.41, 5.74) is 2.09. The van der Waals surface area contributed by atoms with Crippen LogP contribution in [0.25, 0.3) is 0 Å². The number of nitrogens with one attached hydrogen (secondary N) is 1. The molecule has 2 aromatic rings. The minimum Gasteiger partial charge on any atom is -0.746 e. The number of benzene rings is 2. The van der Waals surface area contributed by atoms with Gasteiger partial charge in [-0.1, -0.05) is 48.0 Å². The summed E-state index contributed by atoms with van der Waals surface area (Å²) in [5.74, 6) is 0. The van der Waals surface area contributed by atoms with E-state index in [1.807, 2.05) is 19.1 Å². The largest absolute Gasteiger partial charge is 0.746 e. The van der Waals surface area contributed by atoms with E-state index in [-0.39, 0.29) is 0 Å². The van der Waals surface area contributed by atoms with E-state index in [9.17, 15) is 13.0 Å². The summed E-state index contributed by atoms with van der Waals surface area (Å²) in [6.07, 6.45) is 0. The molecule has 3 N–H and O–H groups in total. The van der Waals surface area contributed by atoms with Crippen LogP contribution in [0, 0.1) is 6.92 Å². The average Bonchev–Trinajstić information content (AvgIpc) is 2.55. The molecule has 0 fully saturated rings. The lowest BCUT2D eigenvalue weighted by Gasteiger charge is -2.23. The molecule has 24 heavy (non-hydrogen) atoms. The van der Waals surface area contributed by atoms with Gasteiger partial charge in [-0.15, -0.1) is 0 Å². The summed E-state index contributed by atoms with van der Waals surface area (Å²) in [6.45, 7) is 8.68. The highest BCUT2D eigenvalue weighted by molar-refractivity contribution is 7.86. The number of nitrogens with two attached hydrogens (primary N) is 1. The van der Waals surface area contributed by atoms with Crippen molar-refractivity contribution in [2.45, 2.75) is 26.1 Å². The molecule has 6 heteroatoms. The number of anilines is 1. The van der Waals surface area contributed by atoms with Crippen LogP contribution in [0.3, 0.4) is 0 Å². The van der Waals surface area contributed by atoms with Gasteiger partial charge in [-0.05, 0) is 38.5 Å². The number of hydrogen-bond acceptors (Lipinski definition) is 4. The van der Waals surface area contributed by atoms with Gasteiger partial charge in [0.2, 0.25) is 0 Å². The maximum Gasteiger partial charge on any atom is 0.143 e. The third-order valence-electron chi connectivity index (χ3n) is 3.32. The molecule has 132 valence electrons. The molecule has 1 atom stereocenters. The van der Waals surface area contributed by atoms with E-state index in [0.29, 0.717) is 11.3 Å². The number of rotatable bonds is 6. The van der Waals surface area contributed by atoms with Gasteiger partial charge in [0.1, 0.15) is 15.5 Å². The molecule has 2 rings (SSSR count). The van der Waals surface area contributed by atoms with Gasteiger partial charge >= 0.3 is 0 Å². The molecule has 0 radical (unpaired) electrons. The maximum absolute atomic E-state index is 11.4. The van der Waals surface area contributed by atoms with E-state index in [0.717, 1.165) is 5.56 Å². The fourth-order valence-corrected chi connectivity index (χ4v) is 2.81. The molecule has 0 aliphatic heterocycles. The number of quaternary nitrogens is 1. The van der Waals surface area contributed by atoms with E-state index in [1.165, 1.54) is 13.1 Å². The second kappa shape index (κ2) is 10.1. The Morgan fingerprint density at radius 3 is 1.96 bits per heavy atom. The molecule has 0 aliphatic rings. The van der Waals surface area contributed by atoms with Crippen LogP contribution in [0.1, 0.15) is 30.3 Å². The maximum atomic E-state index is 11.4. The van der Waals surface area contributed by atoms with E-state index < -0.39 is 15.5 Å². The standard InChI is InChI=1S/C14H15NO3S.C4H11N/c1-11-7-9-13(10-8-11)15-14(19(16,17)18)12-5-3-2-4-6-12;1-3-5-4-2/h2-10,14-15H,1H3,(H,16,17,18);5H,3-4H2,1-2H3. The summed E-state index contributed by atoms with van der Waals surface area (Å²) in [5, 5.41) is 3.73. The van der Waals surface area contributed by atoms with Gasteiger partial charge in [0.25, 0.3) is 0 Å². The van der Waals surface area contributed by atoms with Gasteiger partial charge in [-0.25, -0.2) is 8.42 Å². The SMILES string of the molecule is CC[NH2+]CC.Cc1ccc(NC(c2ccccc2)S(=O)(=O)[O-])cc1. The summed E-state index contributed by atoms with van der Waals surface area (Å²) < 4.78 is 34.2. The normalized spacial score (nSPS) is 12.0. The summed E-state index contributed by atoms with van der Waals surface area (Å²) in [7, 11) is -4.49. The molecule has 0 aliphatic carbocycles. The third kappa shape index (κ3) is 7.12. The van der Waals surface area contributed by atoms with Crippen molar-refractivity contribution >= 4 is 15.8 Å². The lowest BCUT2D eigenvalue weighted by Crippen LogP contribution is -2.82. The number of aryl methyl sites for hydroxylation is 1. The number of hydrogen-bond donors (Lipinski definition) is 2. The molecular formula is C18H26N2O3S. The van der Waals surface area contributed by atoms with E-state index in [4.69, 9.17) is 0 Å². The Kier molecular flexibility index (Phi) is 8.46. The van der Waals surface area contributed by atoms with Crippen LogP contribution in [0.2, 0.25) is 0 Å². The van der Waals surface area contributed by atoms with Crippen LogP contribution in [0.5, 0.6) is 0 Å². The van der Waals surface area contributed by atoms with Crippen molar-refractivity contribution in [1.29, 1.82) is 0 Å². The van der Waals surface area contributed by atoms with Crippen LogP contribution < -0.4 is 10.6 Å². The van der Waals surface area contributed by atoms with Crippen molar-refractivity contribution < 1.29 is 18.3 Å². The molecular weight excluding hydrogens is 324 g/mol. The molecule has 2 aromatic carbocycles. The van der Waals surface area contributed by atoms with Crippen molar-refractivity contribution in [2.24, 2.45) is 0 Å². The van der Waals surface area contributed by atoms with Crippen molar-refractivity contribution in [1.82, 2.24) is 0 Å². The topological polar surface area (TPSA) is 85.8 Å². The fourth-order valence-electron chi connectivity index (χ4n) is 2.04. The zero-order valence-corrected chi connectivity index (χ0v) is 15.2. The molecule has 1 unspecified atom stereocenters. The summed E-state index contributed by atoms with van der Waals surface area (Å²) >= 11 is 0. The zero-order chi connectivity index (χ0) is 18.0. The first-order valence-electron chi connectivity index (χ1n) is 8.03. The average molecular weight is 350 g/mol. The fraction of sp³-hybridized carbons (Fsp3) is 0.333. The minimum absolute atomic E-state index is 0.429. The van der Waals surface area contributed by atoms with Crippen molar-refractivity contribution in [3.63, 3.8) is 0 Å². The lowest BCUT2D eigenvalue weighted by molar-refractivity contribution is -0.648. The molecule has 0 heterocycles. The van der Waals surface area contributed by atoms with E-state index in [1.54, 1.807) is 42.5 Å². The Morgan fingerprint density at radius 1 is 1.00 bits per heavy atom. The predicted octanol–water partition coefficient (Wildman–Crippen LogP) is 2.24. The Balaban J connectivity index is 0.000000505. The quantitative estimate of drug-likeness (QED) is 0.782. The highest BCUT2D eigenvalue weighted by Crippen LogP contribution is 2.24. The van der Waals surface area contributed by atoms with Gasteiger partial charge in [0, 0.05) is 5.69 Å². The summed E-state index contributed by atoms with van der Waals surface area (Å²) in [6, 6.07) is 15.6. The summed E-state index contributed by atoms with van der Waals surface area (Å²) in [4.78, 5) is 0. The smallest absolute Gasteiger partial charge is 0.143 e. The van der Waals surface area contributed by atoms with Crippen LogP contribution in [0.4, 0.5) is 5.69 Å². The highest BCUT2D eigenvalue weighted by Gasteiger charge is 2.18. The first kappa shape index (κ1) is 20.2. The monoisotopic (exact) mass is 350 g/mol. The van der Waals surface area contributed by atoms with Crippen molar-refractivity contribution in [3.05, 3.63) is 65.7 Å². The van der Waals surface area contributed by atoms with E-state index >= 15 is 0 Å². The van der Waals surface area contributed by atoms with Crippen molar-refractivity contribution in [3.8, 4) is 0 Å². The molecule has 0 amide bonds. The molecule has 0 bridgehead atoms. The van der Waals surface area contributed by atoms with Gasteiger partial charge in [-0.3, -0.25) is 0 Å². The molecule has 0 saturated heterocycles. The Hall–Kier alpha value is -1.89. The Labute approximate surface area is 144 Å². The lowest BCUT2D eigenvalue weighted by atomic mass is 10.2. The van der Waals surface area contributed by atoms with Crippen LogP contribution >= 0.6 is 0 Å². The predicted molar refractivity (Wildman–Crippen MR) is 96.7 cm³/mol. The molecule has 0 aromatic heterocycles. The molecule has 0 spiro atoms. The van der Waals surface area contributed by atoms with Crippen LogP contribution in [0.15, 0.2) is 54.6 Å². The second-order valence-electron chi connectivity index (χ2n) is 5.40. The first-order valence-corrected chi connectivity index (χ1v) is 9.50. The van der Waals surface area contributed by atoms with Gasteiger partial charge in [0.05, 0.1) is 13.1 Å². The highest BCUT2D eigenvalue weighted by atomic mass is 32.2. The zero-order valence-electron chi connectivity index (χ0n) is 14.4. The van der Waals surface area contributed by atoms with Gasteiger partial charge in [0.15, 0.2) is 0 Å².